The summed E-state index contributed by atoms with van der Waals surface area (Å²) in [6.45, 7) is 0.507. The fraction of sp³-hybridized carbons (Fsp3) is 0.0714. The fourth-order valence-corrected chi connectivity index (χ4v) is 2.39. The van der Waals surface area contributed by atoms with Crippen LogP contribution >= 0.6 is 15.9 Å². The SMILES string of the molecule is O=C(O)c1ccc(Cn2ccc3ccc(Br)cc32)o1. The third-order valence-corrected chi connectivity index (χ3v) is 3.43. The number of aromatic nitrogens is 1. The van der Waals surface area contributed by atoms with Crippen molar-refractivity contribution in [1.82, 2.24) is 4.57 Å². The number of furan rings is 1. The summed E-state index contributed by atoms with van der Waals surface area (Å²) in [5, 5.41) is 9.96. The third-order valence-electron chi connectivity index (χ3n) is 2.93. The Kier molecular flexibility index (Phi) is 2.91. The lowest BCUT2D eigenvalue weighted by Gasteiger charge is -2.03. The molecule has 0 fully saturated rings. The second-order valence-corrected chi connectivity index (χ2v) is 5.13. The van der Waals surface area contributed by atoms with Gasteiger partial charge in [0.25, 0.3) is 0 Å². The van der Waals surface area contributed by atoms with E-state index in [0.29, 0.717) is 12.3 Å². The molecular weight excluding hydrogens is 310 g/mol. The molecule has 0 amide bonds. The normalized spacial score (nSPS) is 11.0. The van der Waals surface area contributed by atoms with Crippen LogP contribution in [0, 0.1) is 0 Å². The Labute approximate surface area is 117 Å². The predicted molar refractivity (Wildman–Crippen MR) is 74.4 cm³/mol. The van der Waals surface area contributed by atoms with Crippen LogP contribution in [0.5, 0.6) is 0 Å². The van der Waals surface area contributed by atoms with Gasteiger partial charge in [-0.25, -0.2) is 4.79 Å². The van der Waals surface area contributed by atoms with Crippen molar-refractivity contribution in [3.05, 3.63) is 58.6 Å². The van der Waals surface area contributed by atoms with Crippen molar-refractivity contribution in [1.29, 1.82) is 0 Å². The van der Waals surface area contributed by atoms with Crippen molar-refractivity contribution in [3.8, 4) is 0 Å². The number of hydrogen-bond acceptors (Lipinski definition) is 2. The van der Waals surface area contributed by atoms with Crippen LogP contribution in [0.15, 0.2) is 51.5 Å². The molecule has 19 heavy (non-hydrogen) atoms. The van der Waals surface area contributed by atoms with Gasteiger partial charge < -0.3 is 14.1 Å². The zero-order chi connectivity index (χ0) is 13.4. The van der Waals surface area contributed by atoms with E-state index in [2.05, 4.69) is 15.9 Å². The van der Waals surface area contributed by atoms with Gasteiger partial charge in [0.15, 0.2) is 0 Å². The van der Waals surface area contributed by atoms with E-state index >= 15 is 0 Å². The Bertz CT molecular complexity index is 757. The van der Waals surface area contributed by atoms with E-state index in [4.69, 9.17) is 9.52 Å². The Balaban J connectivity index is 1.96. The van der Waals surface area contributed by atoms with Crippen LogP contribution in [0.4, 0.5) is 0 Å². The van der Waals surface area contributed by atoms with E-state index in [1.807, 2.05) is 35.0 Å². The Hall–Kier alpha value is -2.01. The van der Waals surface area contributed by atoms with Crippen molar-refractivity contribution in [2.75, 3.05) is 0 Å². The molecule has 0 saturated carbocycles. The Morgan fingerprint density at radius 1 is 1.26 bits per heavy atom. The smallest absolute Gasteiger partial charge is 0.371 e. The predicted octanol–water partition coefficient (Wildman–Crippen LogP) is 3.74. The molecule has 0 spiro atoms. The number of carboxylic acid groups (broad SMARTS) is 1. The Morgan fingerprint density at radius 3 is 2.84 bits per heavy atom. The quantitative estimate of drug-likeness (QED) is 0.800. The van der Waals surface area contributed by atoms with Gasteiger partial charge in [0.05, 0.1) is 6.54 Å². The van der Waals surface area contributed by atoms with E-state index in [0.717, 1.165) is 15.4 Å². The maximum Gasteiger partial charge on any atom is 0.371 e. The van der Waals surface area contributed by atoms with Crippen LogP contribution in [0.1, 0.15) is 16.3 Å². The van der Waals surface area contributed by atoms with Crippen LogP contribution in [0.25, 0.3) is 10.9 Å². The first-order valence-electron chi connectivity index (χ1n) is 5.70. The van der Waals surface area contributed by atoms with Crippen molar-refractivity contribution >= 4 is 32.8 Å². The summed E-state index contributed by atoms with van der Waals surface area (Å²) in [4.78, 5) is 10.8. The van der Waals surface area contributed by atoms with E-state index in [9.17, 15) is 4.79 Å². The highest BCUT2D eigenvalue weighted by atomic mass is 79.9. The molecule has 96 valence electrons. The van der Waals surface area contributed by atoms with Gasteiger partial charge in [-0.05, 0) is 35.7 Å². The fourth-order valence-electron chi connectivity index (χ4n) is 2.04. The van der Waals surface area contributed by atoms with Gasteiger partial charge in [-0.3, -0.25) is 0 Å². The molecule has 0 atom stereocenters. The largest absolute Gasteiger partial charge is 0.475 e. The number of benzene rings is 1. The van der Waals surface area contributed by atoms with Crippen molar-refractivity contribution < 1.29 is 14.3 Å². The molecule has 0 radical (unpaired) electrons. The van der Waals surface area contributed by atoms with Crippen LogP contribution < -0.4 is 0 Å². The average molecular weight is 320 g/mol. The first-order valence-corrected chi connectivity index (χ1v) is 6.49. The lowest BCUT2D eigenvalue weighted by Crippen LogP contribution is -1.97. The summed E-state index contributed by atoms with van der Waals surface area (Å²) < 4.78 is 8.29. The molecular formula is C14H10BrNO3. The number of carboxylic acids is 1. The van der Waals surface area contributed by atoms with E-state index in [1.54, 1.807) is 6.07 Å². The highest BCUT2D eigenvalue weighted by molar-refractivity contribution is 9.10. The second-order valence-electron chi connectivity index (χ2n) is 4.22. The van der Waals surface area contributed by atoms with Gasteiger partial charge in [0.1, 0.15) is 5.76 Å². The molecule has 1 N–H and O–H groups in total. The topological polar surface area (TPSA) is 55.4 Å². The zero-order valence-corrected chi connectivity index (χ0v) is 11.4. The minimum atomic E-state index is -1.05. The second kappa shape index (κ2) is 4.59. The first kappa shape index (κ1) is 12.0. The molecule has 0 aliphatic rings. The molecule has 5 heteroatoms. The molecule has 0 aliphatic heterocycles. The van der Waals surface area contributed by atoms with Gasteiger partial charge in [0.2, 0.25) is 5.76 Å². The zero-order valence-electron chi connectivity index (χ0n) is 9.84. The van der Waals surface area contributed by atoms with Crippen molar-refractivity contribution in [3.63, 3.8) is 0 Å². The molecule has 2 heterocycles. The molecule has 4 nitrogen and oxygen atoms in total. The van der Waals surface area contributed by atoms with Crippen LogP contribution in [0.2, 0.25) is 0 Å². The van der Waals surface area contributed by atoms with Crippen molar-refractivity contribution in [2.24, 2.45) is 0 Å². The first-order chi connectivity index (χ1) is 9.13. The summed E-state index contributed by atoms with van der Waals surface area (Å²) >= 11 is 3.45. The number of aromatic carboxylic acids is 1. The summed E-state index contributed by atoms with van der Waals surface area (Å²) in [6, 6.07) is 11.2. The summed E-state index contributed by atoms with van der Waals surface area (Å²) in [5.74, 6) is -0.464. The Morgan fingerprint density at radius 2 is 2.11 bits per heavy atom. The number of carbonyl (C=O) groups is 1. The molecule has 0 unspecified atom stereocenters. The summed E-state index contributed by atoms with van der Waals surface area (Å²) in [7, 11) is 0. The number of fused-ring (bicyclic) bond motifs is 1. The highest BCUT2D eigenvalue weighted by Crippen LogP contribution is 2.22. The molecule has 2 aromatic heterocycles. The van der Waals surface area contributed by atoms with E-state index in [-0.39, 0.29) is 5.76 Å². The van der Waals surface area contributed by atoms with Crippen LogP contribution in [-0.4, -0.2) is 15.6 Å². The van der Waals surface area contributed by atoms with Crippen LogP contribution in [0.3, 0.4) is 0 Å². The highest BCUT2D eigenvalue weighted by Gasteiger charge is 2.10. The molecule has 0 aliphatic carbocycles. The molecule has 0 bridgehead atoms. The number of hydrogen-bond donors (Lipinski definition) is 1. The monoisotopic (exact) mass is 319 g/mol. The molecule has 3 rings (SSSR count). The lowest BCUT2D eigenvalue weighted by molar-refractivity contribution is 0.0660. The number of halogens is 1. The summed E-state index contributed by atoms with van der Waals surface area (Å²) in [5.41, 5.74) is 1.07. The van der Waals surface area contributed by atoms with E-state index in [1.165, 1.54) is 6.07 Å². The molecule has 3 aromatic rings. The van der Waals surface area contributed by atoms with Gasteiger partial charge in [-0.1, -0.05) is 22.0 Å². The van der Waals surface area contributed by atoms with Gasteiger partial charge in [-0.2, -0.15) is 0 Å². The van der Waals surface area contributed by atoms with Crippen molar-refractivity contribution in [2.45, 2.75) is 6.54 Å². The maximum absolute atomic E-state index is 10.8. The van der Waals surface area contributed by atoms with E-state index < -0.39 is 5.97 Å². The van der Waals surface area contributed by atoms with Gasteiger partial charge >= 0.3 is 5.97 Å². The van der Waals surface area contributed by atoms with Crippen LogP contribution in [-0.2, 0) is 6.54 Å². The lowest BCUT2D eigenvalue weighted by atomic mass is 10.2. The van der Waals surface area contributed by atoms with Gasteiger partial charge in [0, 0.05) is 16.2 Å². The minimum absolute atomic E-state index is 0.0346. The maximum atomic E-state index is 10.8. The third kappa shape index (κ3) is 2.29. The summed E-state index contributed by atoms with van der Waals surface area (Å²) in [6.07, 6.45) is 1.96. The molecule has 1 aromatic carbocycles. The standard InChI is InChI=1S/C14H10BrNO3/c15-10-2-1-9-5-6-16(12(9)7-10)8-11-3-4-13(19-11)14(17)18/h1-7H,8H2,(H,17,18). The average Bonchev–Trinajstić information content (AvgIpc) is 2.98. The van der Waals surface area contributed by atoms with Gasteiger partial charge in [-0.15, -0.1) is 0 Å². The molecule has 0 saturated heterocycles. The number of rotatable bonds is 3. The number of nitrogens with zero attached hydrogens (tertiary/aromatic N) is 1. The minimum Gasteiger partial charge on any atom is -0.475 e.